The number of piperazine rings is 1. The van der Waals surface area contributed by atoms with Crippen LogP contribution in [0.25, 0.3) is 0 Å². The summed E-state index contributed by atoms with van der Waals surface area (Å²) in [5, 5.41) is 4.78. The van der Waals surface area contributed by atoms with Crippen LogP contribution in [0.15, 0.2) is 0 Å². The lowest BCUT2D eigenvalue weighted by molar-refractivity contribution is -0.227. The summed E-state index contributed by atoms with van der Waals surface area (Å²) in [4.78, 5) is 0. The summed E-state index contributed by atoms with van der Waals surface area (Å²) < 4.78 is 0. The predicted octanol–water partition coefficient (Wildman–Crippen LogP) is -0.609. The molecule has 0 aromatic carbocycles. The van der Waals surface area contributed by atoms with Crippen molar-refractivity contribution >= 4 is 0 Å². The highest BCUT2D eigenvalue weighted by Gasteiger charge is 2.39. The predicted molar refractivity (Wildman–Crippen MR) is 45.6 cm³/mol. The Bertz CT molecular complexity index is 111. The Labute approximate surface area is 68.3 Å². The van der Waals surface area contributed by atoms with Crippen molar-refractivity contribution in [3.63, 3.8) is 0 Å². The summed E-state index contributed by atoms with van der Waals surface area (Å²) in [6.45, 7) is 8.99. The number of nitrogens with zero attached hydrogens (tertiary/aromatic N) is 2. The molecule has 0 aliphatic carbocycles. The fraction of sp³-hybridized carbons (Fsp3) is 1.00. The molecular formula is C7H18N4. The van der Waals surface area contributed by atoms with Crippen molar-refractivity contribution in [3.8, 4) is 0 Å². The van der Waals surface area contributed by atoms with Crippen LogP contribution in [0.4, 0.5) is 0 Å². The minimum Gasteiger partial charge on any atom is -0.271 e. The maximum atomic E-state index is 4.78. The Hall–Kier alpha value is -0.160. The average Bonchev–Trinajstić information content (AvgIpc) is 2.00. The van der Waals surface area contributed by atoms with E-state index >= 15 is 0 Å². The number of rotatable bonds is 1. The van der Waals surface area contributed by atoms with Crippen LogP contribution in [-0.4, -0.2) is 42.2 Å². The zero-order valence-corrected chi connectivity index (χ0v) is 7.38. The monoisotopic (exact) mass is 158 g/mol. The summed E-state index contributed by atoms with van der Waals surface area (Å²) in [7, 11) is 0. The van der Waals surface area contributed by atoms with Gasteiger partial charge in [-0.3, -0.25) is 11.3 Å². The van der Waals surface area contributed by atoms with Crippen molar-refractivity contribution in [2.75, 3.05) is 26.2 Å². The Kier molecular flexibility index (Phi) is 3.26. The van der Waals surface area contributed by atoms with Gasteiger partial charge in [-0.25, -0.2) is 10.0 Å². The summed E-state index contributed by atoms with van der Waals surface area (Å²) in [6.07, 6.45) is 0. The lowest BCUT2D eigenvalue weighted by atomic mass is 10.1. The first-order valence-corrected chi connectivity index (χ1v) is 4.24. The normalized spacial score (nSPS) is 29.2. The number of hydrazine groups is 2. The van der Waals surface area contributed by atoms with Gasteiger partial charge in [0, 0.05) is 32.2 Å². The van der Waals surface area contributed by atoms with Gasteiger partial charge in [-0.1, -0.05) is 6.92 Å². The SMILES string of the molecule is CC1CN2CCN12.CCNN. The van der Waals surface area contributed by atoms with E-state index in [4.69, 9.17) is 5.84 Å². The molecule has 0 saturated carbocycles. The van der Waals surface area contributed by atoms with E-state index in [1.807, 2.05) is 6.92 Å². The molecule has 11 heavy (non-hydrogen) atoms. The number of hydrogen-bond acceptors (Lipinski definition) is 4. The van der Waals surface area contributed by atoms with Crippen LogP contribution in [0.3, 0.4) is 0 Å². The number of hydrogen-bond donors (Lipinski definition) is 2. The second-order valence-electron chi connectivity index (χ2n) is 2.98. The second kappa shape index (κ2) is 4.01. The molecule has 0 radical (unpaired) electrons. The Morgan fingerprint density at radius 3 is 2.18 bits per heavy atom. The molecule has 2 aliphatic heterocycles. The molecule has 4 nitrogen and oxygen atoms in total. The lowest BCUT2D eigenvalue weighted by Crippen LogP contribution is -2.72. The molecule has 0 aromatic rings. The quantitative estimate of drug-likeness (QED) is 0.395. The highest BCUT2D eigenvalue weighted by molar-refractivity contribution is 4.86. The molecule has 0 spiro atoms. The van der Waals surface area contributed by atoms with E-state index in [1.54, 1.807) is 0 Å². The third-order valence-corrected chi connectivity index (χ3v) is 2.14. The molecule has 0 aromatic heterocycles. The van der Waals surface area contributed by atoms with Gasteiger partial charge in [-0.2, -0.15) is 0 Å². The zero-order chi connectivity index (χ0) is 8.27. The topological polar surface area (TPSA) is 44.5 Å². The fourth-order valence-electron chi connectivity index (χ4n) is 1.36. The number of fused-ring (bicyclic) bond motifs is 1. The molecule has 2 saturated heterocycles. The molecule has 66 valence electrons. The summed E-state index contributed by atoms with van der Waals surface area (Å²) >= 11 is 0. The third kappa shape index (κ3) is 1.90. The highest BCUT2D eigenvalue weighted by atomic mass is 15.8. The van der Waals surface area contributed by atoms with Crippen molar-refractivity contribution in [1.29, 1.82) is 0 Å². The smallest absolute Gasteiger partial charge is 0.0359 e. The maximum absolute atomic E-state index is 4.78. The molecule has 4 heteroatoms. The minimum absolute atomic E-state index is 0.847. The Morgan fingerprint density at radius 1 is 1.55 bits per heavy atom. The molecular weight excluding hydrogens is 140 g/mol. The van der Waals surface area contributed by atoms with E-state index in [2.05, 4.69) is 22.4 Å². The van der Waals surface area contributed by atoms with Crippen molar-refractivity contribution in [2.24, 2.45) is 5.84 Å². The van der Waals surface area contributed by atoms with Crippen LogP contribution in [0, 0.1) is 0 Å². The van der Waals surface area contributed by atoms with E-state index in [0.717, 1.165) is 12.6 Å². The van der Waals surface area contributed by atoms with Gasteiger partial charge in [0.25, 0.3) is 0 Å². The van der Waals surface area contributed by atoms with Crippen LogP contribution in [0.2, 0.25) is 0 Å². The van der Waals surface area contributed by atoms with Gasteiger partial charge in [0.2, 0.25) is 0 Å². The van der Waals surface area contributed by atoms with Crippen LogP contribution in [0.5, 0.6) is 0 Å². The average molecular weight is 158 g/mol. The van der Waals surface area contributed by atoms with E-state index in [0.29, 0.717) is 0 Å². The number of nitrogens with one attached hydrogen (secondary N) is 1. The molecule has 2 fully saturated rings. The first-order valence-electron chi connectivity index (χ1n) is 4.24. The van der Waals surface area contributed by atoms with Crippen molar-refractivity contribution in [1.82, 2.24) is 15.4 Å². The van der Waals surface area contributed by atoms with Crippen molar-refractivity contribution < 1.29 is 0 Å². The molecule has 2 aliphatic rings. The first kappa shape index (κ1) is 8.93. The van der Waals surface area contributed by atoms with E-state index in [1.165, 1.54) is 19.6 Å². The third-order valence-electron chi connectivity index (χ3n) is 2.14. The van der Waals surface area contributed by atoms with Gasteiger partial charge in [0.15, 0.2) is 0 Å². The van der Waals surface area contributed by atoms with Gasteiger partial charge in [0.05, 0.1) is 0 Å². The standard InChI is InChI=1S/C5H10N2.C2H8N2/c1-5-4-6-2-3-7(5)6;1-2-4-3/h5H,2-4H2,1H3;4H,2-3H2,1H3. The van der Waals surface area contributed by atoms with Crippen LogP contribution >= 0.6 is 0 Å². The zero-order valence-electron chi connectivity index (χ0n) is 7.38. The molecule has 0 amide bonds. The fourth-order valence-corrected chi connectivity index (χ4v) is 1.36. The Balaban J connectivity index is 0.000000134. The van der Waals surface area contributed by atoms with E-state index in [9.17, 15) is 0 Å². The van der Waals surface area contributed by atoms with Gasteiger partial charge >= 0.3 is 0 Å². The van der Waals surface area contributed by atoms with Gasteiger partial charge in [-0.15, -0.1) is 0 Å². The first-order chi connectivity index (χ1) is 5.29. The molecule has 1 unspecified atom stereocenters. The van der Waals surface area contributed by atoms with E-state index in [-0.39, 0.29) is 0 Å². The van der Waals surface area contributed by atoms with Gasteiger partial charge < -0.3 is 0 Å². The summed E-state index contributed by atoms with van der Waals surface area (Å²) in [6, 6.07) is 0.855. The number of nitrogens with two attached hydrogens (primary N) is 1. The van der Waals surface area contributed by atoms with Crippen LogP contribution in [0.1, 0.15) is 13.8 Å². The minimum atomic E-state index is 0.847. The van der Waals surface area contributed by atoms with Crippen molar-refractivity contribution in [3.05, 3.63) is 0 Å². The van der Waals surface area contributed by atoms with Gasteiger partial charge in [-0.05, 0) is 6.92 Å². The summed E-state index contributed by atoms with van der Waals surface area (Å²) in [5.41, 5.74) is 2.43. The highest BCUT2D eigenvalue weighted by Crippen LogP contribution is 2.23. The lowest BCUT2D eigenvalue weighted by Gasteiger charge is -2.57. The molecule has 2 heterocycles. The molecule has 2 rings (SSSR count). The second-order valence-corrected chi connectivity index (χ2v) is 2.98. The molecule has 0 bridgehead atoms. The largest absolute Gasteiger partial charge is 0.271 e. The van der Waals surface area contributed by atoms with Gasteiger partial charge in [0.1, 0.15) is 0 Å². The maximum Gasteiger partial charge on any atom is 0.0359 e. The van der Waals surface area contributed by atoms with Crippen molar-refractivity contribution in [2.45, 2.75) is 19.9 Å². The Morgan fingerprint density at radius 2 is 2.18 bits per heavy atom. The van der Waals surface area contributed by atoms with Crippen LogP contribution in [-0.2, 0) is 0 Å². The van der Waals surface area contributed by atoms with E-state index < -0.39 is 0 Å². The summed E-state index contributed by atoms with van der Waals surface area (Å²) in [5.74, 6) is 4.78. The van der Waals surface area contributed by atoms with Crippen LogP contribution < -0.4 is 11.3 Å². The molecule has 3 N–H and O–H groups in total. The molecule has 1 atom stereocenters.